The monoisotopic (exact) mass is 325 g/mol. The van der Waals surface area contributed by atoms with Crippen LogP contribution in [0.5, 0.6) is 0 Å². The van der Waals surface area contributed by atoms with Crippen LogP contribution in [-0.4, -0.2) is 34.7 Å². The molecule has 6 heteroatoms. The average molecular weight is 325 g/mol. The predicted octanol–water partition coefficient (Wildman–Crippen LogP) is 3.20. The van der Waals surface area contributed by atoms with Crippen LogP contribution in [0.1, 0.15) is 47.9 Å². The first kappa shape index (κ1) is 16.5. The molecule has 3 heterocycles. The minimum absolute atomic E-state index is 0.134. The summed E-state index contributed by atoms with van der Waals surface area (Å²) in [5.41, 5.74) is 2.23. The highest BCUT2D eigenvalue weighted by Crippen LogP contribution is 2.26. The van der Waals surface area contributed by atoms with Crippen molar-refractivity contribution in [3.8, 4) is 6.07 Å². The minimum Gasteiger partial charge on any atom is -0.468 e. The molecule has 1 aliphatic heterocycles. The summed E-state index contributed by atoms with van der Waals surface area (Å²) in [5, 5.41) is 21.1. The quantitative estimate of drug-likeness (QED) is 0.909. The van der Waals surface area contributed by atoms with E-state index in [-0.39, 0.29) is 6.04 Å². The molecule has 24 heavy (non-hydrogen) atoms. The van der Waals surface area contributed by atoms with Crippen LogP contribution in [0.3, 0.4) is 0 Å². The van der Waals surface area contributed by atoms with Crippen LogP contribution in [0.15, 0.2) is 22.8 Å². The summed E-state index contributed by atoms with van der Waals surface area (Å²) in [7, 11) is 0. The molecule has 0 bridgehead atoms. The normalized spacial score (nSPS) is 16.5. The second-order valence-electron chi connectivity index (χ2n) is 6.25. The second-order valence-corrected chi connectivity index (χ2v) is 6.25. The van der Waals surface area contributed by atoms with E-state index in [1.807, 2.05) is 26.0 Å². The van der Waals surface area contributed by atoms with Gasteiger partial charge in [0.1, 0.15) is 17.4 Å². The number of hydrogen-bond donors (Lipinski definition) is 1. The van der Waals surface area contributed by atoms with Gasteiger partial charge in [-0.05, 0) is 57.5 Å². The van der Waals surface area contributed by atoms with Crippen molar-refractivity contribution in [2.45, 2.75) is 39.2 Å². The van der Waals surface area contributed by atoms with Crippen LogP contribution in [-0.2, 0) is 0 Å². The standard InChI is InChI=1S/C18H23N5O/c1-13-14(2)21-22-18(15(13)11-19)20-12-16(17-7-6-10-24-17)23-8-4-3-5-9-23/h6-7,10,16H,3-5,8-9,12H2,1-2H3,(H,20,22). The van der Waals surface area contributed by atoms with E-state index >= 15 is 0 Å². The van der Waals surface area contributed by atoms with Gasteiger partial charge in [0.05, 0.1) is 18.0 Å². The van der Waals surface area contributed by atoms with E-state index < -0.39 is 0 Å². The Morgan fingerprint density at radius 2 is 2.08 bits per heavy atom. The summed E-state index contributed by atoms with van der Waals surface area (Å²) >= 11 is 0. The molecule has 1 aliphatic rings. The van der Waals surface area contributed by atoms with Gasteiger partial charge in [-0.1, -0.05) is 6.42 Å². The molecule has 1 atom stereocenters. The number of aromatic nitrogens is 2. The SMILES string of the molecule is Cc1nnc(NCC(c2ccco2)N2CCCCC2)c(C#N)c1C. The third-order valence-electron chi connectivity index (χ3n) is 4.73. The number of anilines is 1. The Balaban J connectivity index is 1.79. The fraction of sp³-hybridized carbons (Fsp3) is 0.500. The first-order valence-electron chi connectivity index (χ1n) is 8.46. The van der Waals surface area contributed by atoms with Crippen LogP contribution < -0.4 is 5.32 Å². The summed E-state index contributed by atoms with van der Waals surface area (Å²) in [5.74, 6) is 1.49. The molecule has 0 aliphatic carbocycles. The highest BCUT2D eigenvalue weighted by molar-refractivity contribution is 5.55. The van der Waals surface area contributed by atoms with E-state index in [0.717, 1.165) is 30.1 Å². The van der Waals surface area contributed by atoms with Crippen LogP contribution >= 0.6 is 0 Å². The van der Waals surface area contributed by atoms with Gasteiger partial charge in [0.15, 0.2) is 5.82 Å². The van der Waals surface area contributed by atoms with Gasteiger partial charge in [-0.3, -0.25) is 4.90 Å². The maximum atomic E-state index is 9.43. The van der Waals surface area contributed by atoms with Gasteiger partial charge in [-0.2, -0.15) is 10.4 Å². The molecule has 0 radical (unpaired) electrons. The average Bonchev–Trinajstić information content (AvgIpc) is 3.13. The lowest BCUT2D eigenvalue weighted by atomic mass is 10.1. The highest BCUT2D eigenvalue weighted by Gasteiger charge is 2.25. The van der Waals surface area contributed by atoms with Crippen LogP contribution in [0.25, 0.3) is 0 Å². The summed E-state index contributed by atoms with van der Waals surface area (Å²) < 4.78 is 5.65. The molecular weight excluding hydrogens is 302 g/mol. The second kappa shape index (κ2) is 7.45. The Hall–Kier alpha value is -2.39. The predicted molar refractivity (Wildman–Crippen MR) is 91.6 cm³/mol. The smallest absolute Gasteiger partial charge is 0.167 e. The Morgan fingerprint density at radius 3 is 2.75 bits per heavy atom. The Bertz CT molecular complexity index is 714. The summed E-state index contributed by atoms with van der Waals surface area (Å²) in [6.45, 7) is 6.54. The minimum atomic E-state index is 0.134. The molecule has 0 spiro atoms. The fourth-order valence-corrected chi connectivity index (χ4v) is 3.18. The van der Waals surface area contributed by atoms with Gasteiger partial charge in [0.25, 0.3) is 0 Å². The Labute approximate surface area is 142 Å². The highest BCUT2D eigenvalue weighted by atomic mass is 16.3. The Kier molecular flexibility index (Phi) is 5.11. The van der Waals surface area contributed by atoms with Crippen LogP contribution in [0.4, 0.5) is 5.82 Å². The van der Waals surface area contributed by atoms with Crippen LogP contribution in [0.2, 0.25) is 0 Å². The van der Waals surface area contributed by atoms with E-state index in [4.69, 9.17) is 4.42 Å². The molecule has 2 aromatic rings. The lowest BCUT2D eigenvalue weighted by Gasteiger charge is -2.33. The van der Waals surface area contributed by atoms with Crippen molar-refractivity contribution in [3.63, 3.8) is 0 Å². The number of hydrogen-bond acceptors (Lipinski definition) is 6. The maximum Gasteiger partial charge on any atom is 0.167 e. The Morgan fingerprint density at radius 1 is 1.29 bits per heavy atom. The molecule has 1 N–H and O–H groups in total. The number of nitrogens with one attached hydrogen (secondary N) is 1. The zero-order valence-electron chi connectivity index (χ0n) is 14.2. The van der Waals surface area contributed by atoms with Gasteiger partial charge >= 0.3 is 0 Å². The van der Waals surface area contributed by atoms with E-state index in [1.54, 1.807) is 6.26 Å². The molecule has 1 fully saturated rings. The van der Waals surface area contributed by atoms with Crippen molar-refractivity contribution in [2.75, 3.05) is 25.0 Å². The molecule has 6 nitrogen and oxygen atoms in total. The third-order valence-corrected chi connectivity index (χ3v) is 4.73. The number of nitriles is 1. The first-order chi connectivity index (χ1) is 11.7. The van der Waals surface area contributed by atoms with Crippen molar-refractivity contribution in [1.29, 1.82) is 5.26 Å². The third kappa shape index (κ3) is 3.41. The summed E-state index contributed by atoms with van der Waals surface area (Å²) in [4.78, 5) is 2.44. The topological polar surface area (TPSA) is 78.0 Å². The first-order valence-corrected chi connectivity index (χ1v) is 8.46. The summed E-state index contributed by atoms with van der Waals surface area (Å²) in [6.07, 6.45) is 5.42. The molecule has 1 unspecified atom stereocenters. The van der Waals surface area contributed by atoms with Crippen LogP contribution in [0, 0.1) is 25.2 Å². The number of furan rings is 1. The molecule has 3 rings (SSSR count). The number of aryl methyl sites for hydroxylation is 1. The lowest BCUT2D eigenvalue weighted by molar-refractivity contribution is 0.152. The zero-order chi connectivity index (χ0) is 16.9. The molecule has 0 amide bonds. The van der Waals surface area contributed by atoms with E-state index in [1.165, 1.54) is 19.3 Å². The fourth-order valence-electron chi connectivity index (χ4n) is 3.18. The van der Waals surface area contributed by atoms with Gasteiger partial charge in [0.2, 0.25) is 0 Å². The number of nitrogens with zero attached hydrogens (tertiary/aromatic N) is 4. The number of piperidine rings is 1. The molecular formula is C18H23N5O. The zero-order valence-corrected chi connectivity index (χ0v) is 14.2. The molecule has 1 saturated heterocycles. The van der Waals surface area contributed by atoms with E-state index in [0.29, 0.717) is 17.9 Å². The largest absolute Gasteiger partial charge is 0.468 e. The number of rotatable bonds is 5. The molecule has 126 valence electrons. The van der Waals surface area contributed by atoms with Crippen molar-refractivity contribution in [3.05, 3.63) is 41.0 Å². The summed E-state index contributed by atoms with van der Waals surface area (Å²) in [6, 6.07) is 6.31. The molecule has 2 aromatic heterocycles. The van der Waals surface area contributed by atoms with Gasteiger partial charge in [-0.25, -0.2) is 0 Å². The van der Waals surface area contributed by atoms with Gasteiger partial charge in [-0.15, -0.1) is 5.10 Å². The maximum absolute atomic E-state index is 9.43. The van der Waals surface area contributed by atoms with Crippen molar-refractivity contribution in [1.82, 2.24) is 15.1 Å². The lowest BCUT2D eigenvalue weighted by Crippen LogP contribution is -2.37. The molecule has 0 aromatic carbocycles. The number of likely N-dealkylation sites (tertiary alicyclic amines) is 1. The van der Waals surface area contributed by atoms with Crippen molar-refractivity contribution < 1.29 is 4.42 Å². The molecule has 0 saturated carbocycles. The van der Waals surface area contributed by atoms with Gasteiger partial charge in [0, 0.05) is 6.54 Å². The van der Waals surface area contributed by atoms with E-state index in [2.05, 4.69) is 26.5 Å². The van der Waals surface area contributed by atoms with Crippen molar-refractivity contribution >= 4 is 5.82 Å². The van der Waals surface area contributed by atoms with E-state index in [9.17, 15) is 5.26 Å². The van der Waals surface area contributed by atoms with Crippen molar-refractivity contribution in [2.24, 2.45) is 0 Å². The van der Waals surface area contributed by atoms with Gasteiger partial charge < -0.3 is 9.73 Å².